The van der Waals surface area contributed by atoms with Crippen LogP contribution in [-0.4, -0.2) is 9.97 Å². The average molecular weight is 203 g/mol. The normalized spacial score (nSPS) is 16.9. The molecule has 0 radical (unpaired) electrons. The van der Waals surface area contributed by atoms with E-state index < -0.39 is 0 Å². The van der Waals surface area contributed by atoms with Crippen LogP contribution < -0.4 is 5.73 Å². The Morgan fingerprint density at radius 1 is 1.47 bits per heavy atom. The highest BCUT2D eigenvalue weighted by Gasteiger charge is 2.24. The molecule has 4 nitrogen and oxygen atoms in total. The van der Waals surface area contributed by atoms with Crippen molar-refractivity contribution >= 4 is 11.2 Å². The summed E-state index contributed by atoms with van der Waals surface area (Å²) in [6.45, 7) is 0.495. The number of hydrogen-bond donors (Lipinski definition) is 1. The van der Waals surface area contributed by atoms with E-state index in [1.165, 1.54) is 19.3 Å². The Morgan fingerprint density at radius 3 is 3.00 bits per heavy atom. The molecule has 1 aliphatic rings. The number of oxazole rings is 1. The van der Waals surface area contributed by atoms with Crippen molar-refractivity contribution in [3.05, 3.63) is 23.7 Å². The zero-order valence-corrected chi connectivity index (χ0v) is 8.44. The SMILES string of the molecule is NCc1cnc2oc(C3CCC3)nc2c1. The fourth-order valence-corrected chi connectivity index (χ4v) is 1.82. The van der Waals surface area contributed by atoms with Crippen LogP contribution in [0.4, 0.5) is 0 Å². The van der Waals surface area contributed by atoms with E-state index in [1.807, 2.05) is 6.07 Å². The van der Waals surface area contributed by atoms with Crippen molar-refractivity contribution < 1.29 is 4.42 Å². The number of hydrogen-bond acceptors (Lipinski definition) is 4. The highest BCUT2D eigenvalue weighted by Crippen LogP contribution is 2.36. The average Bonchev–Trinajstić information content (AvgIpc) is 2.56. The molecular weight excluding hydrogens is 190 g/mol. The van der Waals surface area contributed by atoms with Gasteiger partial charge in [0.1, 0.15) is 5.52 Å². The first-order valence-electron chi connectivity index (χ1n) is 5.32. The number of rotatable bonds is 2. The Balaban J connectivity index is 2.04. The van der Waals surface area contributed by atoms with Crippen LogP contribution in [0, 0.1) is 0 Å². The van der Waals surface area contributed by atoms with E-state index in [9.17, 15) is 0 Å². The van der Waals surface area contributed by atoms with Gasteiger partial charge in [-0.25, -0.2) is 9.97 Å². The highest BCUT2D eigenvalue weighted by atomic mass is 16.4. The van der Waals surface area contributed by atoms with Gasteiger partial charge in [-0.2, -0.15) is 0 Å². The van der Waals surface area contributed by atoms with Gasteiger partial charge in [-0.3, -0.25) is 0 Å². The summed E-state index contributed by atoms with van der Waals surface area (Å²) in [4.78, 5) is 8.66. The molecule has 15 heavy (non-hydrogen) atoms. The lowest BCUT2D eigenvalue weighted by Gasteiger charge is -2.21. The Morgan fingerprint density at radius 2 is 2.33 bits per heavy atom. The van der Waals surface area contributed by atoms with Crippen LogP contribution in [0.25, 0.3) is 11.2 Å². The third kappa shape index (κ3) is 1.41. The van der Waals surface area contributed by atoms with Crippen LogP contribution in [-0.2, 0) is 6.54 Å². The third-order valence-corrected chi connectivity index (χ3v) is 3.01. The first-order valence-corrected chi connectivity index (χ1v) is 5.32. The molecule has 3 rings (SSSR count). The van der Waals surface area contributed by atoms with E-state index in [2.05, 4.69) is 9.97 Å². The van der Waals surface area contributed by atoms with Gasteiger partial charge in [0.25, 0.3) is 0 Å². The number of nitrogens with zero attached hydrogens (tertiary/aromatic N) is 2. The maximum absolute atomic E-state index is 5.61. The minimum absolute atomic E-state index is 0.495. The molecule has 0 aromatic carbocycles. The second-order valence-electron chi connectivity index (χ2n) is 4.05. The van der Waals surface area contributed by atoms with E-state index in [0.29, 0.717) is 18.2 Å². The van der Waals surface area contributed by atoms with Gasteiger partial charge in [0.05, 0.1) is 0 Å². The van der Waals surface area contributed by atoms with Crippen LogP contribution in [0.2, 0.25) is 0 Å². The molecule has 1 aliphatic carbocycles. The van der Waals surface area contributed by atoms with Crippen LogP contribution in [0.15, 0.2) is 16.7 Å². The smallest absolute Gasteiger partial charge is 0.246 e. The largest absolute Gasteiger partial charge is 0.422 e. The Bertz CT molecular complexity index is 488. The first kappa shape index (κ1) is 8.85. The van der Waals surface area contributed by atoms with Crippen molar-refractivity contribution in [3.8, 4) is 0 Å². The molecule has 0 atom stereocenters. The number of fused-ring (bicyclic) bond motifs is 1. The maximum atomic E-state index is 5.61. The van der Waals surface area contributed by atoms with E-state index in [0.717, 1.165) is 17.0 Å². The summed E-state index contributed by atoms with van der Waals surface area (Å²) < 4.78 is 5.61. The van der Waals surface area contributed by atoms with Crippen molar-refractivity contribution in [2.24, 2.45) is 5.73 Å². The highest BCUT2D eigenvalue weighted by molar-refractivity contribution is 5.68. The molecule has 2 aromatic heterocycles. The zero-order chi connectivity index (χ0) is 10.3. The van der Waals surface area contributed by atoms with Crippen LogP contribution in [0.5, 0.6) is 0 Å². The van der Waals surface area contributed by atoms with Gasteiger partial charge in [-0.05, 0) is 24.5 Å². The van der Waals surface area contributed by atoms with Crippen LogP contribution in [0.1, 0.15) is 36.6 Å². The monoisotopic (exact) mass is 203 g/mol. The minimum Gasteiger partial charge on any atom is -0.422 e. The van der Waals surface area contributed by atoms with Gasteiger partial charge in [-0.15, -0.1) is 0 Å². The zero-order valence-electron chi connectivity index (χ0n) is 8.44. The lowest BCUT2D eigenvalue weighted by atomic mass is 9.85. The van der Waals surface area contributed by atoms with Crippen LogP contribution >= 0.6 is 0 Å². The molecule has 0 unspecified atom stereocenters. The predicted octanol–water partition coefficient (Wildman–Crippen LogP) is 1.95. The van der Waals surface area contributed by atoms with Crippen molar-refractivity contribution in [1.82, 2.24) is 9.97 Å². The molecule has 1 fully saturated rings. The molecule has 2 aromatic rings. The van der Waals surface area contributed by atoms with Crippen molar-refractivity contribution in [1.29, 1.82) is 0 Å². The van der Waals surface area contributed by atoms with Crippen LogP contribution in [0.3, 0.4) is 0 Å². The maximum Gasteiger partial charge on any atom is 0.246 e. The van der Waals surface area contributed by atoms with E-state index in [4.69, 9.17) is 10.2 Å². The van der Waals surface area contributed by atoms with Crippen molar-refractivity contribution in [2.45, 2.75) is 31.7 Å². The van der Waals surface area contributed by atoms with Gasteiger partial charge >= 0.3 is 0 Å². The van der Waals surface area contributed by atoms with Gasteiger partial charge < -0.3 is 10.2 Å². The molecule has 1 saturated carbocycles. The summed E-state index contributed by atoms with van der Waals surface area (Å²) in [5.41, 5.74) is 8.01. The predicted molar refractivity (Wildman–Crippen MR) is 56.3 cm³/mol. The molecule has 0 amide bonds. The van der Waals surface area contributed by atoms with Crippen molar-refractivity contribution in [2.75, 3.05) is 0 Å². The Labute approximate surface area is 87.5 Å². The summed E-state index contributed by atoms with van der Waals surface area (Å²) in [6.07, 6.45) is 5.41. The summed E-state index contributed by atoms with van der Waals surface area (Å²) in [5, 5.41) is 0. The molecule has 2 heterocycles. The summed E-state index contributed by atoms with van der Waals surface area (Å²) in [7, 11) is 0. The Kier molecular flexibility index (Phi) is 1.95. The van der Waals surface area contributed by atoms with E-state index >= 15 is 0 Å². The second kappa shape index (κ2) is 3.31. The summed E-state index contributed by atoms with van der Waals surface area (Å²) in [5.74, 6) is 1.36. The van der Waals surface area contributed by atoms with Gasteiger partial charge in [0, 0.05) is 18.7 Å². The summed E-state index contributed by atoms with van der Waals surface area (Å²) in [6, 6.07) is 1.95. The Hall–Kier alpha value is -1.42. The fourth-order valence-electron chi connectivity index (χ4n) is 1.82. The molecule has 0 aliphatic heterocycles. The summed E-state index contributed by atoms with van der Waals surface area (Å²) >= 11 is 0. The number of nitrogens with two attached hydrogens (primary N) is 1. The first-order chi connectivity index (χ1) is 7.36. The molecule has 0 bridgehead atoms. The molecule has 78 valence electrons. The lowest BCUT2D eigenvalue weighted by Crippen LogP contribution is -2.08. The molecule has 0 saturated heterocycles. The molecule has 2 N–H and O–H groups in total. The quantitative estimate of drug-likeness (QED) is 0.810. The number of aromatic nitrogens is 2. The minimum atomic E-state index is 0.495. The van der Waals surface area contributed by atoms with Crippen molar-refractivity contribution in [3.63, 3.8) is 0 Å². The third-order valence-electron chi connectivity index (χ3n) is 3.01. The second-order valence-corrected chi connectivity index (χ2v) is 4.05. The van der Waals surface area contributed by atoms with Gasteiger partial charge in [0.15, 0.2) is 0 Å². The lowest BCUT2D eigenvalue weighted by molar-refractivity contribution is 0.342. The van der Waals surface area contributed by atoms with Gasteiger partial charge in [0.2, 0.25) is 11.6 Å². The molecule has 0 spiro atoms. The standard InChI is InChI=1S/C11H13N3O/c12-5-7-4-9-11(13-6-7)15-10(14-9)8-2-1-3-8/h4,6,8H,1-3,5,12H2. The number of pyridine rings is 1. The van der Waals surface area contributed by atoms with E-state index in [-0.39, 0.29) is 0 Å². The van der Waals surface area contributed by atoms with E-state index in [1.54, 1.807) is 6.20 Å². The topological polar surface area (TPSA) is 64.9 Å². The molecule has 4 heteroatoms. The van der Waals surface area contributed by atoms with Gasteiger partial charge in [-0.1, -0.05) is 6.42 Å². The molecular formula is C11H13N3O. The fraction of sp³-hybridized carbons (Fsp3) is 0.455.